The van der Waals surface area contributed by atoms with Crippen LogP contribution >= 0.6 is 0 Å². The van der Waals surface area contributed by atoms with E-state index in [4.69, 9.17) is 4.74 Å². The fourth-order valence-electron chi connectivity index (χ4n) is 7.71. The average molecular weight is 589 g/mol. The maximum absolute atomic E-state index is 15.3. The van der Waals surface area contributed by atoms with Gasteiger partial charge in [-0.3, -0.25) is 14.4 Å². The van der Waals surface area contributed by atoms with Crippen LogP contribution in [0.5, 0.6) is 11.5 Å². The number of fused-ring (bicyclic) bond motifs is 1. The van der Waals surface area contributed by atoms with Crippen LogP contribution in [0.3, 0.4) is 0 Å². The molecule has 2 fully saturated rings. The summed E-state index contributed by atoms with van der Waals surface area (Å²) in [4.78, 5) is 44.8. The summed E-state index contributed by atoms with van der Waals surface area (Å²) in [5, 5.41) is 20.2. The number of carbonyl (C=O) groups excluding carboxylic acids is 3. The van der Waals surface area contributed by atoms with Crippen LogP contribution in [0.15, 0.2) is 65.0 Å². The van der Waals surface area contributed by atoms with E-state index in [9.17, 15) is 15.0 Å². The number of phenols is 2. The van der Waals surface area contributed by atoms with E-state index >= 15 is 9.59 Å². The Balaban J connectivity index is 2.11. The minimum Gasteiger partial charge on any atom is -0.504 e. The standard InChI is InChI=1S/C37H48O6/c1-21(2)11-13-25-19-36-20-26(17-23(5)6)35(9,10)43-32(36)29(30(40)24-12-14-27(38)28(39)18-24)31(41)37(33(36)42,34(25,7)8)16-15-22(3)4/h11-12,14-15,18,25-26,38-39H,5,13,16-17,19-20H2,1-4,6-10H3. The zero-order valence-corrected chi connectivity index (χ0v) is 27.3. The minimum absolute atomic E-state index is 0.0331. The monoisotopic (exact) mass is 588 g/mol. The van der Waals surface area contributed by atoms with Gasteiger partial charge in [0.05, 0.1) is 5.41 Å². The van der Waals surface area contributed by atoms with Crippen LogP contribution in [-0.2, 0) is 14.3 Å². The smallest absolute Gasteiger partial charge is 0.200 e. The highest BCUT2D eigenvalue weighted by molar-refractivity contribution is 6.35. The van der Waals surface area contributed by atoms with Gasteiger partial charge in [0, 0.05) is 11.5 Å². The molecule has 1 spiro atoms. The molecule has 6 nitrogen and oxygen atoms in total. The van der Waals surface area contributed by atoms with Gasteiger partial charge in [-0.2, -0.15) is 0 Å². The predicted molar refractivity (Wildman–Crippen MR) is 169 cm³/mol. The summed E-state index contributed by atoms with van der Waals surface area (Å²) in [6.45, 7) is 22.0. The SMILES string of the molecule is C=C(C)CC1CC23CC(CC=C(C)C)C(C)(C)C(CC=C(C)C)(C(=O)C(C(=O)c4ccc(O)c(O)c4)=C2OC1(C)C)C3=O. The number of hydrogen-bond acceptors (Lipinski definition) is 6. The van der Waals surface area contributed by atoms with Crippen molar-refractivity contribution in [2.75, 3.05) is 0 Å². The summed E-state index contributed by atoms with van der Waals surface area (Å²) in [5.74, 6) is -2.02. The largest absolute Gasteiger partial charge is 0.504 e. The van der Waals surface area contributed by atoms with E-state index in [0.717, 1.165) is 11.1 Å². The Morgan fingerprint density at radius 1 is 0.953 bits per heavy atom. The molecule has 3 aliphatic rings. The molecule has 0 radical (unpaired) electrons. The number of rotatable bonds is 8. The van der Waals surface area contributed by atoms with Gasteiger partial charge in [-0.05, 0) is 110 Å². The van der Waals surface area contributed by atoms with E-state index in [1.807, 2.05) is 54.5 Å². The molecule has 1 saturated heterocycles. The number of ether oxygens (including phenoxy) is 1. The second-order valence-electron chi connectivity index (χ2n) is 14.8. The number of benzene rings is 1. The van der Waals surface area contributed by atoms with Crippen molar-refractivity contribution in [1.82, 2.24) is 0 Å². The first-order valence-electron chi connectivity index (χ1n) is 15.3. The Hall–Kier alpha value is -3.41. The van der Waals surface area contributed by atoms with Crippen LogP contribution in [0.1, 0.15) is 105 Å². The van der Waals surface area contributed by atoms with Gasteiger partial charge in [0.25, 0.3) is 0 Å². The number of phenolic OH excluding ortho intramolecular Hbond substituents is 2. The molecule has 2 N–H and O–H groups in total. The molecule has 4 atom stereocenters. The maximum atomic E-state index is 15.3. The van der Waals surface area contributed by atoms with Gasteiger partial charge in [0.2, 0.25) is 0 Å². The summed E-state index contributed by atoms with van der Waals surface area (Å²) in [6, 6.07) is 3.79. The first kappa shape index (κ1) is 32.5. The molecule has 1 aliphatic heterocycles. The van der Waals surface area contributed by atoms with Crippen molar-refractivity contribution in [3.05, 3.63) is 70.5 Å². The van der Waals surface area contributed by atoms with Crippen LogP contribution < -0.4 is 0 Å². The van der Waals surface area contributed by atoms with Gasteiger partial charge in [-0.15, -0.1) is 6.58 Å². The number of allylic oxidation sites excluding steroid dienone is 7. The molecule has 0 amide bonds. The molecule has 4 rings (SSSR count). The fraction of sp³-hybridized carbons (Fsp3) is 0.541. The molecule has 43 heavy (non-hydrogen) atoms. The van der Waals surface area contributed by atoms with Gasteiger partial charge in [-0.1, -0.05) is 42.7 Å². The summed E-state index contributed by atoms with van der Waals surface area (Å²) >= 11 is 0. The molecule has 2 bridgehead atoms. The Bertz CT molecular complexity index is 1480. The molecular formula is C37H48O6. The van der Waals surface area contributed by atoms with Gasteiger partial charge in [-0.25, -0.2) is 0 Å². The van der Waals surface area contributed by atoms with Gasteiger partial charge in [0.15, 0.2) is 28.8 Å². The Labute approximate surface area is 256 Å². The summed E-state index contributed by atoms with van der Waals surface area (Å²) in [6.07, 6.45) is 6.58. The van der Waals surface area contributed by atoms with E-state index in [1.54, 1.807) is 0 Å². The first-order chi connectivity index (χ1) is 19.8. The number of ketones is 3. The van der Waals surface area contributed by atoms with Crippen LogP contribution in [0, 0.1) is 28.1 Å². The lowest BCUT2D eigenvalue weighted by Gasteiger charge is -2.64. The van der Waals surface area contributed by atoms with Gasteiger partial charge >= 0.3 is 0 Å². The summed E-state index contributed by atoms with van der Waals surface area (Å²) in [5.41, 5.74) is -1.14. The lowest BCUT2D eigenvalue weighted by molar-refractivity contribution is -0.188. The molecule has 6 heteroatoms. The molecular weight excluding hydrogens is 540 g/mol. The van der Waals surface area contributed by atoms with E-state index in [0.29, 0.717) is 25.7 Å². The Morgan fingerprint density at radius 3 is 2.12 bits per heavy atom. The zero-order valence-electron chi connectivity index (χ0n) is 27.3. The van der Waals surface area contributed by atoms with Crippen LogP contribution in [0.25, 0.3) is 0 Å². The van der Waals surface area contributed by atoms with Crippen molar-refractivity contribution in [2.24, 2.45) is 28.1 Å². The van der Waals surface area contributed by atoms with Crippen molar-refractivity contribution >= 4 is 17.3 Å². The predicted octanol–water partition coefficient (Wildman–Crippen LogP) is 8.20. The van der Waals surface area contributed by atoms with E-state index in [-0.39, 0.29) is 46.7 Å². The van der Waals surface area contributed by atoms with Gasteiger partial charge in [0.1, 0.15) is 22.3 Å². The van der Waals surface area contributed by atoms with E-state index < -0.39 is 39.2 Å². The molecule has 1 aromatic rings. The molecule has 4 unspecified atom stereocenters. The molecule has 1 heterocycles. The average Bonchev–Trinajstić information content (AvgIpc) is 2.88. The molecule has 1 aromatic carbocycles. The van der Waals surface area contributed by atoms with Crippen molar-refractivity contribution in [1.29, 1.82) is 0 Å². The third-order valence-corrected chi connectivity index (χ3v) is 10.4. The van der Waals surface area contributed by atoms with Crippen molar-refractivity contribution in [2.45, 2.75) is 100 Å². The maximum Gasteiger partial charge on any atom is 0.200 e. The van der Waals surface area contributed by atoms with Crippen LogP contribution in [0.2, 0.25) is 0 Å². The third kappa shape index (κ3) is 5.11. The quantitative estimate of drug-likeness (QED) is 0.104. The second kappa shape index (κ2) is 10.9. The highest BCUT2D eigenvalue weighted by Crippen LogP contribution is 2.69. The lowest BCUT2D eigenvalue weighted by atomic mass is 9.39. The van der Waals surface area contributed by atoms with Crippen molar-refractivity contribution < 1.29 is 29.3 Å². The van der Waals surface area contributed by atoms with Crippen LogP contribution in [-0.4, -0.2) is 33.2 Å². The second-order valence-corrected chi connectivity index (χ2v) is 14.8. The normalized spacial score (nSPS) is 28.9. The Morgan fingerprint density at radius 2 is 1.56 bits per heavy atom. The Kier molecular flexibility index (Phi) is 8.27. The van der Waals surface area contributed by atoms with Crippen molar-refractivity contribution in [3.63, 3.8) is 0 Å². The first-order valence-corrected chi connectivity index (χ1v) is 15.3. The summed E-state index contributed by atoms with van der Waals surface area (Å²) < 4.78 is 6.76. The third-order valence-electron chi connectivity index (χ3n) is 10.4. The molecule has 1 saturated carbocycles. The summed E-state index contributed by atoms with van der Waals surface area (Å²) in [7, 11) is 0. The molecule has 0 aromatic heterocycles. The number of hydrogen-bond donors (Lipinski definition) is 2. The number of Topliss-reactive ketones (excluding diaryl/α,β-unsaturated/α-hetero) is 3. The minimum atomic E-state index is -1.49. The van der Waals surface area contributed by atoms with Crippen molar-refractivity contribution in [3.8, 4) is 11.5 Å². The highest BCUT2D eigenvalue weighted by Gasteiger charge is 2.74. The fourth-order valence-corrected chi connectivity index (χ4v) is 7.71. The van der Waals surface area contributed by atoms with Gasteiger partial charge < -0.3 is 14.9 Å². The molecule has 2 aliphatic carbocycles. The van der Waals surface area contributed by atoms with E-state index in [1.165, 1.54) is 23.8 Å². The lowest BCUT2D eigenvalue weighted by Crippen LogP contribution is -2.69. The number of aromatic hydroxyl groups is 2. The molecule has 232 valence electrons. The number of carbonyl (C=O) groups is 3. The zero-order chi connectivity index (χ0) is 32.3. The topological polar surface area (TPSA) is 101 Å². The van der Waals surface area contributed by atoms with E-state index in [2.05, 4.69) is 26.5 Å². The van der Waals surface area contributed by atoms with Crippen LogP contribution in [0.4, 0.5) is 0 Å². The highest BCUT2D eigenvalue weighted by atomic mass is 16.5.